The van der Waals surface area contributed by atoms with E-state index in [2.05, 4.69) is 4.74 Å². The second-order valence-corrected chi connectivity index (χ2v) is 3.79. The van der Waals surface area contributed by atoms with Crippen molar-refractivity contribution in [2.75, 3.05) is 0 Å². The van der Waals surface area contributed by atoms with E-state index in [1.54, 1.807) is 4.90 Å². The van der Waals surface area contributed by atoms with Crippen LogP contribution < -0.4 is 0 Å². The zero-order valence-electron chi connectivity index (χ0n) is 7.66. The first kappa shape index (κ1) is 8.53. The first-order valence-electron chi connectivity index (χ1n) is 4.71. The highest BCUT2D eigenvalue weighted by Crippen LogP contribution is 2.28. The van der Waals surface area contributed by atoms with E-state index in [0.29, 0.717) is 6.42 Å². The van der Waals surface area contributed by atoms with E-state index in [0.717, 1.165) is 19.3 Å². The van der Waals surface area contributed by atoms with Gasteiger partial charge >= 0.3 is 12.1 Å². The number of ether oxygens (including phenoxy) is 1. The summed E-state index contributed by atoms with van der Waals surface area (Å²) in [5.74, 6) is -0.375. The summed E-state index contributed by atoms with van der Waals surface area (Å²) in [4.78, 5) is 24.0. The minimum atomic E-state index is -0.451. The van der Waals surface area contributed by atoms with Gasteiger partial charge in [-0.1, -0.05) is 0 Å². The number of rotatable bonds is 0. The Morgan fingerprint density at radius 2 is 2.15 bits per heavy atom. The molecule has 2 saturated heterocycles. The summed E-state index contributed by atoms with van der Waals surface area (Å²) in [6.45, 7) is 2.00. The molecule has 2 heterocycles. The predicted octanol–water partition coefficient (Wildman–Crippen LogP) is 1.30. The summed E-state index contributed by atoms with van der Waals surface area (Å²) in [5, 5.41) is 0. The van der Waals surface area contributed by atoms with Crippen LogP contribution in [0, 0.1) is 0 Å². The van der Waals surface area contributed by atoms with Gasteiger partial charge in [-0.15, -0.1) is 0 Å². The summed E-state index contributed by atoms with van der Waals surface area (Å²) in [6, 6.07) is 0.317. The fraction of sp³-hybridized carbons (Fsp3) is 0.778. The Morgan fingerprint density at radius 3 is 2.92 bits per heavy atom. The largest absolute Gasteiger partial charge is 0.418 e. The van der Waals surface area contributed by atoms with Crippen LogP contribution in [0.2, 0.25) is 0 Å². The molecular weight excluding hydrogens is 170 g/mol. The molecule has 1 amide bonds. The lowest BCUT2D eigenvalue weighted by atomic mass is 9.94. The molecule has 2 fully saturated rings. The normalized spacial score (nSPS) is 34.1. The summed E-state index contributed by atoms with van der Waals surface area (Å²) >= 11 is 0. The van der Waals surface area contributed by atoms with Crippen LogP contribution in [-0.4, -0.2) is 29.0 Å². The second-order valence-electron chi connectivity index (χ2n) is 3.79. The molecule has 0 N–H and O–H groups in total. The minimum absolute atomic E-state index is 0.0949. The van der Waals surface area contributed by atoms with E-state index in [1.807, 2.05) is 6.92 Å². The molecule has 2 aliphatic heterocycles. The fourth-order valence-electron chi connectivity index (χ4n) is 2.20. The number of fused-ring (bicyclic) bond motifs is 1. The number of cyclic esters (lactones) is 2. The van der Waals surface area contributed by atoms with Crippen molar-refractivity contribution in [3.63, 3.8) is 0 Å². The molecule has 0 radical (unpaired) electrons. The minimum Gasteiger partial charge on any atom is -0.376 e. The van der Waals surface area contributed by atoms with Gasteiger partial charge in [-0.05, 0) is 26.2 Å². The van der Waals surface area contributed by atoms with Crippen molar-refractivity contribution in [3.8, 4) is 0 Å². The highest BCUT2D eigenvalue weighted by Gasteiger charge is 2.39. The van der Waals surface area contributed by atoms with Gasteiger partial charge in [0.1, 0.15) is 0 Å². The first-order chi connectivity index (χ1) is 6.18. The standard InChI is InChI=1S/C9H13NO3/c1-6-3-2-4-7-5-8(11)13-9(12)10(6)7/h6-7H,2-5H2,1H3/t6-,7+/m0/s1. The molecule has 0 bridgehead atoms. The van der Waals surface area contributed by atoms with Crippen molar-refractivity contribution in [3.05, 3.63) is 0 Å². The monoisotopic (exact) mass is 183 g/mol. The first-order valence-corrected chi connectivity index (χ1v) is 4.71. The number of piperidine rings is 1. The lowest BCUT2D eigenvalue weighted by Gasteiger charge is -2.41. The Bertz CT molecular complexity index is 251. The molecule has 4 nitrogen and oxygen atoms in total. The molecule has 2 rings (SSSR count). The third kappa shape index (κ3) is 1.41. The smallest absolute Gasteiger partial charge is 0.376 e. The van der Waals surface area contributed by atoms with Gasteiger partial charge in [0.2, 0.25) is 0 Å². The molecule has 2 atom stereocenters. The molecule has 0 aromatic heterocycles. The van der Waals surface area contributed by atoms with E-state index in [-0.39, 0.29) is 18.1 Å². The van der Waals surface area contributed by atoms with Crippen LogP contribution in [0.3, 0.4) is 0 Å². The molecule has 0 aliphatic carbocycles. The third-order valence-electron chi connectivity index (χ3n) is 2.84. The molecule has 0 unspecified atom stereocenters. The van der Waals surface area contributed by atoms with Crippen LogP contribution in [0.1, 0.15) is 32.6 Å². The summed E-state index contributed by atoms with van der Waals surface area (Å²) < 4.78 is 4.57. The van der Waals surface area contributed by atoms with E-state index in [4.69, 9.17) is 0 Å². The van der Waals surface area contributed by atoms with Crippen molar-refractivity contribution in [2.24, 2.45) is 0 Å². The number of carbonyl (C=O) groups excluding carboxylic acids is 2. The van der Waals surface area contributed by atoms with Crippen molar-refractivity contribution < 1.29 is 14.3 Å². The van der Waals surface area contributed by atoms with E-state index in [1.165, 1.54) is 0 Å². The van der Waals surface area contributed by atoms with Gasteiger partial charge in [0.05, 0.1) is 6.42 Å². The van der Waals surface area contributed by atoms with Crippen molar-refractivity contribution in [2.45, 2.75) is 44.7 Å². The van der Waals surface area contributed by atoms with Crippen LogP contribution in [0.25, 0.3) is 0 Å². The van der Waals surface area contributed by atoms with Crippen LogP contribution in [-0.2, 0) is 9.53 Å². The Labute approximate surface area is 76.8 Å². The van der Waals surface area contributed by atoms with Crippen molar-refractivity contribution in [1.29, 1.82) is 0 Å². The van der Waals surface area contributed by atoms with Gasteiger partial charge in [-0.3, -0.25) is 4.79 Å². The maximum Gasteiger partial charge on any atom is 0.418 e. The van der Waals surface area contributed by atoms with Crippen LogP contribution in [0.15, 0.2) is 0 Å². The number of nitrogens with zero attached hydrogens (tertiary/aromatic N) is 1. The lowest BCUT2D eigenvalue weighted by molar-refractivity contribution is -0.145. The molecule has 2 aliphatic rings. The van der Waals surface area contributed by atoms with Crippen LogP contribution in [0.4, 0.5) is 4.79 Å². The Balaban J connectivity index is 2.17. The lowest BCUT2D eigenvalue weighted by Crippen LogP contribution is -2.53. The van der Waals surface area contributed by atoms with Crippen molar-refractivity contribution in [1.82, 2.24) is 4.90 Å². The van der Waals surface area contributed by atoms with E-state index in [9.17, 15) is 9.59 Å². The quantitative estimate of drug-likeness (QED) is 0.420. The number of esters is 1. The Hall–Kier alpha value is -1.06. The molecular formula is C9H13NO3. The molecule has 0 aromatic carbocycles. The summed E-state index contributed by atoms with van der Waals surface area (Å²) in [7, 11) is 0. The van der Waals surface area contributed by atoms with Crippen molar-refractivity contribution >= 4 is 12.1 Å². The fourth-order valence-corrected chi connectivity index (χ4v) is 2.20. The summed E-state index contributed by atoms with van der Waals surface area (Å²) in [6.07, 6.45) is 2.97. The van der Waals surface area contributed by atoms with Gasteiger partial charge in [-0.2, -0.15) is 0 Å². The highest BCUT2D eigenvalue weighted by molar-refractivity contribution is 5.88. The maximum absolute atomic E-state index is 11.3. The Morgan fingerprint density at radius 1 is 1.38 bits per heavy atom. The van der Waals surface area contributed by atoms with Gasteiger partial charge in [0, 0.05) is 12.1 Å². The molecule has 13 heavy (non-hydrogen) atoms. The maximum atomic E-state index is 11.3. The second kappa shape index (κ2) is 3.01. The summed E-state index contributed by atoms with van der Waals surface area (Å²) in [5.41, 5.74) is 0. The van der Waals surface area contributed by atoms with Gasteiger partial charge < -0.3 is 9.64 Å². The number of hydrogen-bond acceptors (Lipinski definition) is 3. The van der Waals surface area contributed by atoms with Gasteiger partial charge in [0.25, 0.3) is 0 Å². The average molecular weight is 183 g/mol. The molecule has 0 aromatic rings. The zero-order valence-corrected chi connectivity index (χ0v) is 7.66. The predicted molar refractivity (Wildman–Crippen MR) is 45.0 cm³/mol. The topological polar surface area (TPSA) is 46.6 Å². The highest BCUT2D eigenvalue weighted by atomic mass is 16.6. The zero-order chi connectivity index (χ0) is 9.42. The molecule has 0 saturated carbocycles. The van der Waals surface area contributed by atoms with E-state index >= 15 is 0 Å². The third-order valence-corrected chi connectivity index (χ3v) is 2.84. The SMILES string of the molecule is C[C@H]1CCC[C@@H]2CC(=O)OC(=O)N21. The van der Waals surface area contributed by atoms with E-state index < -0.39 is 6.09 Å². The number of hydrogen-bond donors (Lipinski definition) is 0. The molecule has 4 heteroatoms. The average Bonchev–Trinajstić information content (AvgIpc) is 2.02. The molecule has 0 spiro atoms. The number of carbonyl (C=O) groups is 2. The van der Waals surface area contributed by atoms with Gasteiger partial charge in [-0.25, -0.2) is 4.79 Å². The van der Waals surface area contributed by atoms with Crippen LogP contribution in [0.5, 0.6) is 0 Å². The van der Waals surface area contributed by atoms with Gasteiger partial charge in [0.15, 0.2) is 0 Å². The van der Waals surface area contributed by atoms with Crippen LogP contribution >= 0.6 is 0 Å². The Kier molecular flexibility index (Phi) is 1.98. The number of amides is 1. The molecule has 72 valence electrons.